The Labute approximate surface area is 130 Å². The van der Waals surface area contributed by atoms with E-state index in [1.165, 1.54) is 5.56 Å². The fraction of sp³-hybridized carbons (Fsp3) is 0.471. The van der Waals surface area contributed by atoms with Crippen LogP contribution in [0.15, 0.2) is 29.6 Å². The van der Waals surface area contributed by atoms with Crippen LogP contribution in [0.2, 0.25) is 0 Å². The number of benzene rings is 1. The molecule has 0 bridgehead atoms. The van der Waals surface area contributed by atoms with Crippen molar-refractivity contribution in [3.63, 3.8) is 0 Å². The molecule has 1 aliphatic heterocycles. The Balaban J connectivity index is 2.12. The zero-order valence-corrected chi connectivity index (χ0v) is 13.9. The standard InChI is InChI=1S/C17H22N2OS/c1-16(2,3)14-11-21-15(19-14)17(18-4)9-10-20-13-8-6-5-7-12(13)17/h5-8,11,18H,9-10H2,1-4H3. The molecule has 1 unspecified atom stereocenters. The van der Waals surface area contributed by atoms with Gasteiger partial charge in [0, 0.05) is 22.8 Å². The van der Waals surface area contributed by atoms with E-state index < -0.39 is 0 Å². The third kappa shape index (κ3) is 2.36. The van der Waals surface area contributed by atoms with E-state index in [2.05, 4.69) is 43.6 Å². The van der Waals surface area contributed by atoms with E-state index in [1.807, 2.05) is 19.2 Å². The van der Waals surface area contributed by atoms with Crippen LogP contribution in [-0.2, 0) is 11.0 Å². The normalized spacial score (nSPS) is 21.7. The number of thiazole rings is 1. The molecule has 0 spiro atoms. The van der Waals surface area contributed by atoms with Crippen molar-refractivity contribution in [2.75, 3.05) is 13.7 Å². The molecule has 112 valence electrons. The van der Waals surface area contributed by atoms with Crippen LogP contribution in [0.4, 0.5) is 0 Å². The van der Waals surface area contributed by atoms with Crippen LogP contribution in [0.5, 0.6) is 5.75 Å². The topological polar surface area (TPSA) is 34.2 Å². The molecule has 2 aromatic rings. The summed E-state index contributed by atoms with van der Waals surface area (Å²) in [5, 5.41) is 6.84. The average molecular weight is 302 g/mol. The number of hydrogen-bond acceptors (Lipinski definition) is 4. The molecule has 3 rings (SSSR count). The van der Waals surface area contributed by atoms with E-state index in [0.717, 1.165) is 22.9 Å². The van der Waals surface area contributed by atoms with Gasteiger partial charge in [-0.05, 0) is 13.1 Å². The highest BCUT2D eigenvalue weighted by molar-refractivity contribution is 7.09. The van der Waals surface area contributed by atoms with Gasteiger partial charge < -0.3 is 10.1 Å². The zero-order valence-electron chi connectivity index (χ0n) is 13.1. The summed E-state index contributed by atoms with van der Waals surface area (Å²) >= 11 is 1.74. The van der Waals surface area contributed by atoms with E-state index in [4.69, 9.17) is 9.72 Å². The van der Waals surface area contributed by atoms with Crippen molar-refractivity contribution in [3.8, 4) is 5.75 Å². The van der Waals surface area contributed by atoms with Crippen molar-refractivity contribution in [2.24, 2.45) is 0 Å². The average Bonchev–Trinajstić information content (AvgIpc) is 2.97. The number of hydrogen-bond donors (Lipinski definition) is 1. The third-order valence-corrected chi connectivity index (χ3v) is 5.15. The second-order valence-electron chi connectivity index (χ2n) is 6.54. The highest BCUT2D eigenvalue weighted by Gasteiger charge is 2.41. The molecule has 0 saturated carbocycles. The molecule has 2 heterocycles. The summed E-state index contributed by atoms with van der Waals surface area (Å²) in [5.41, 5.74) is 2.19. The van der Waals surface area contributed by atoms with Crippen LogP contribution < -0.4 is 10.1 Å². The Morgan fingerprint density at radius 2 is 2.05 bits per heavy atom. The first-order chi connectivity index (χ1) is 9.97. The fourth-order valence-electron chi connectivity index (χ4n) is 2.80. The molecular formula is C17H22N2OS. The maximum atomic E-state index is 5.81. The molecule has 3 nitrogen and oxygen atoms in total. The van der Waals surface area contributed by atoms with Gasteiger partial charge in [-0.15, -0.1) is 11.3 Å². The van der Waals surface area contributed by atoms with Crippen molar-refractivity contribution < 1.29 is 4.74 Å². The van der Waals surface area contributed by atoms with Crippen molar-refractivity contribution in [1.82, 2.24) is 10.3 Å². The molecule has 0 saturated heterocycles. The Bertz CT molecular complexity index is 644. The monoisotopic (exact) mass is 302 g/mol. The quantitative estimate of drug-likeness (QED) is 0.919. The Kier molecular flexibility index (Phi) is 3.54. The molecule has 1 N–H and O–H groups in total. The van der Waals surface area contributed by atoms with Gasteiger partial charge in [-0.3, -0.25) is 0 Å². The van der Waals surface area contributed by atoms with Crippen molar-refractivity contribution in [1.29, 1.82) is 0 Å². The van der Waals surface area contributed by atoms with Crippen LogP contribution in [0, 0.1) is 0 Å². The van der Waals surface area contributed by atoms with Crippen molar-refractivity contribution in [2.45, 2.75) is 38.1 Å². The van der Waals surface area contributed by atoms with Crippen LogP contribution in [-0.4, -0.2) is 18.6 Å². The second kappa shape index (κ2) is 5.11. The molecular weight excluding hydrogens is 280 g/mol. The minimum atomic E-state index is -0.233. The van der Waals surface area contributed by atoms with E-state index >= 15 is 0 Å². The SMILES string of the molecule is CNC1(c2nc(C(C)(C)C)cs2)CCOc2ccccc21. The van der Waals surface area contributed by atoms with Gasteiger partial charge in [-0.2, -0.15) is 0 Å². The first kappa shape index (κ1) is 14.5. The lowest BCUT2D eigenvalue weighted by Gasteiger charge is -2.37. The highest BCUT2D eigenvalue weighted by atomic mass is 32.1. The lowest BCUT2D eigenvalue weighted by atomic mass is 9.85. The minimum absolute atomic E-state index is 0.0777. The molecule has 1 aromatic carbocycles. The maximum absolute atomic E-state index is 5.81. The molecule has 0 amide bonds. The smallest absolute Gasteiger partial charge is 0.124 e. The second-order valence-corrected chi connectivity index (χ2v) is 7.40. The van der Waals surface area contributed by atoms with Crippen LogP contribution in [0.3, 0.4) is 0 Å². The summed E-state index contributed by atoms with van der Waals surface area (Å²) in [6.45, 7) is 7.32. The molecule has 1 atom stereocenters. The van der Waals surface area contributed by atoms with E-state index in [1.54, 1.807) is 11.3 Å². The summed E-state index contributed by atoms with van der Waals surface area (Å²) in [5.74, 6) is 0.964. The molecule has 4 heteroatoms. The minimum Gasteiger partial charge on any atom is -0.493 e. The van der Waals surface area contributed by atoms with Crippen LogP contribution in [0.1, 0.15) is 43.5 Å². The number of rotatable bonds is 2. The van der Waals surface area contributed by atoms with Crippen LogP contribution in [0.25, 0.3) is 0 Å². The van der Waals surface area contributed by atoms with E-state index in [0.29, 0.717) is 6.61 Å². The Morgan fingerprint density at radius 1 is 1.29 bits per heavy atom. The molecule has 21 heavy (non-hydrogen) atoms. The summed E-state index contributed by atoms with van der Waals surface area (Å²) < 4.78 is 5.81. The largest absolute Gasteiger partial charge is 0.493 e. The predicted octanol–water partition coefficient (Wildman–Crippen LogP) is 3.69. The lowest BCUT2D eigenvalue weighted by Crippen LogP contribution is -2.45. The number of para-hydroxylation sites is 1. The summed E-state index contributed by atoms with van der Waals surface area (Å²) in [7, 11) is 2.01. The number of aromatic nitrogens is 1. The maximum Gasteiger partial charge on any atom is 0.124 e. The first-order valence-electron chi connectivity index (χ1n) is 7.35. The molecule has 0 radical (unpaired) electrons. The zero-order chi connectivity index (χ0) is 15.1. The first-order valence-corrected chi connectivity index (χ1v) is 8.23. The number of nitrogens with one attached hydrogen (secondary N) is 1. The Morgan fingerprint density at radius 3 is 2.71 bits per heavy atom. The number of ether oxygens (including phenoxy) is 1. The van der Waals surface area contributed by atoms with Gasteiger partial charge in [0.05, 0.1) is 12.3 Å². The number of nitrogens with zero attached hydrogens (tertiary/aromatic N) is 1. The van der Waals surface area contributed by atoms with Gasteiger partial charge in [0.2, 0.25) is 0 Å². The van der Waals surface area contributed by atoms with Gasteiger partial charge in [0.25, 0.3) is 0 Å². The molecule has 1 aliphatic rings. The number of fused-ring (bicyclic) bond motifs is 1. The van der Waals surface area contributed by atoms with Gasteiger partial charge in [-0.1, -0.05) is 39.0 Å². The lowest BCUT2D eigenvalue weighted by molar-refractivity contribution is 0.217. The Hall–Kier alpha value is -1.39. The van der Waals surface area contributed by atoms with Gasteiger partial charge >= 0.3 is 0 Å². The summed E-state index contributed by atoms with van der Waals surface area (Å²) in [6, 6.07) is 8.27. The van der Waals surface area contributed by atoms with Crippen molar-refractivity contribution in [3.05, 3.63) is 45.9 Å². The highest BCUT2D eigenvalue weighted by Crippen LogP contribution is 2.43. The summed E-state index contributed by atoms with van der Waals surface area (Å²) in [6.07, 6.45) is 0.900. The molecule has 1 aromatic heterocycles. The fourth-order valence-corrected chi connectivity index (χ4v) is 4.09. The summed E-state index contributed by atoms with van der Waals surface area (Å²) in [4.78, 5) is 4.95. The molecule has 0 aliphatic carbocycles. The van der Waals surface area contributed by atoms with Gasteiger partial charge in [0.1, 0.15) is 16.3 Å². The van der Waals surface area contributed by atoms with Gasteiger partial charge in [-0.25, -0.2) is 4.98 Å². The molecule has 0 fully saturated rings. The van der Waals surface area contributed by atoms with Gasteiger partial charge in [0.15, 0.2) is 0 Å². The van der Waals surface area contributed by atoms with Crippen molar-refractivity contribution >= 4 is 11.3 Å². The van der Waals surface area contributed by atoms with Crippen LogP contribution >= 0.6 is 11.3 Å². The van der Waals surface area contributed by atoms with E-state index in [9.17, 15) is 0 Å². The third-order valence-electron chi connectivity index (χ3n) is 4.15. The van der Waals surface area contributed by atoms with E-state index in [-0.39, 0.29) is 11.0 Å². The predicted molar refractivity (Wildman–Crippen MR) is 87.2 cm³/mol.